The van der Waals surface area contributed by atoms with Crippen LogP contribution < -0.4 is 5.73 Å². The first kappa shape index (κ1) is 14.8. The van der Waals surface area contributed by atoms with Gasteiger partial charge in [-0.1, -0.05) is 18.2 Å². The van der Waals surface area contributed by atoms with Crippen LogP contribution >= 0.6 is 11.3 Å². The second-order valence-electron chi connectivity index (χ2n) is 5.92. The van der Waals surface area contributed by atoms with Gasteiger partial charge in [0.15, 0.2) is 0 Å². The average molecular weight is 336 g/mol. The molecular weight excluding hydrogens is 320 g/mol. The SMILES string of the molecule is Cc1cc(C)n(C(=O)c2sc3nc4ccccc4c(C)c3c2N)n1. The van der Waals surface area contributed by atoms with E-state index in [-0.39, 0.29) is 5.91 Å². The van der Waals surface area contributed by atoms with Gasteiger partial charge in [-0.3, -0.25) is 4.79 Å². The molecule has 4 aromatic rings. The molecule has 3 heterocycles. The zero-order chi connectivity index (χ0) is 17.0. The number of carbonyl (C=O) groups is 1. The van der Waals surface area contributed by atoms with Gasteiger partial charge in [0, 0.05) is 16.5 Å². The van der Waals surface area contributed by atoms with E-state index < -0.39 is 0 Å². The highest BCUT2D eigenvalue weighted by Gasteiger charge is 2.22. The van der Waals surface area contributed by atoms with Crippen LogP contribution in [-0.4, -0.2) is 20.7 Å². The van der Waals surface area contributed by atoms with Gasteiger partial charge >= 0.3 is 0 Å². The Hall–Kier alpha value is -2.73. The first-order chi connectivity index (χ1) is 11.5. The lowest BCUT2D eigenvalue weighted by atomic mass is 10.1. The van der Waals surface area contributed by atoms with E-state index >= 15 is 0 Å². The van der Waals surface area contributed by atoms with E-state index in [0.29, 0.717) is 10.6 Å². The highest BCUT2D eigenvalue weighted by molar-refractivity contribution is 7.21. The van der Waals surface area contributed by atoms with Crippen molar-refractivity contribution in [1.29, 1.82) is 0 Å². The minimum atomic E-state index is -0.204. The Bertz CT molecular complexity index is 1120. The van der Waals surface area contributed by atoms with Crippen molar-refractivity contribution in [2.45, 2.75) is 20.8 Å². The summed E-state index contributed by atoms with van der Waals surface area (Å²) in [5.74, 6) is -0.204. The number of nitrogen functional groups attached to an aromatic ring is 1. The molecule has 120 valence electrons. The van der Waals surface area contributed by atoms with Gasteiger partial charge in [-0.2, -0.15) is 5.10 Å². The molecule has 2 N–H and O–H groups in total. The second-order valence-corrected chi connectivity index (χ2v) is 6.92. The van der Waals surface area contributed by atoms with Crippen LogP contribution in [0.2, 0.25) is 0 Å². The van der Waals surface area contributed by atoms with Crippen LogP contribution in [0.5, 0.6) is 0 Å². The molecule has 0 radical (unpaired) electrons. The van der Waals surface area contributed by atoms with E-state index in [4.69, 9.17) is 5.73 Å². The molecule has 0 spiro atoms. The largest absolute Gasteiger partial charge is 0.397 e. The Morgan fingerprint density at radius 3 is 2.67 bits per heavy atom. The van der Waals surface area contributed by atoms with Crippen LogP contribution in [0.3, 0.4) is 0 Å². The number of benzene rings is 1. The van der Waals surface area contributed by atoms with E-state index in [1.165, 1.54) is 16.0 Å². The third-order valence-corrected chi connectivity index (χ3v) is 5.32. The molecule has 0 aliphatic heterocycles. The molecule has 0 aliphatic rings. The molecule has 0 bridgehead atoms. The Balaban J connectivity index is 1.99. The standard InChI is InChI=1S/C18H16N4OS/c1-9-8-10(2)22(21-9)18(23)16-15(19)14-11(3)12-6-4-5-7-13(12)20-17(14)24-16/h4-8H,19H2,1-3H3. The van der Waals surface area contributed by atoms with Crippen LogP contribution in [0.1, 0.15) is 26.6 Å². The summed E-state index contributed by atoms with van der Waals surface area (Å²) >= 11 is 1.33. The minimum Gasteiger partial charge on any atom is -0.397 e. The Labute approximate surface area is 142 Å². The van der Waals surface area contributed by atoms with Crippen molar-refractivity contribution in [2.24, 2.45) is 0 Å². The summed E-state index contributed by atoms with van der Waals surface area (Å²) in [4.78, 5) is 18.8. The number of aryl methyl sites for hydroxylation is 3. The second kappa shape index (κ2) is 5.14. The number of nitrogens with two attached hydrogens (primary N) is 1. The maximum atomic E-state index is 12.9. The summed E-state index contributed by atoms with van der Waals surface area (Å²) in [6, 6.07) is 9.81. The predicted octanol–water partition coefficient (Wildman–Crippen LogP) is 3.84. The third kappa shape index (κ3) is 2.03. The molecule has 3 aromatic heterocycles. The third-order valence-electron chi connectivity index (χ3n) is 4.23. The van der Waals surface area contributed by atoms with Gasteiger partial charge in [-0.15, -0.1) is 11.3 Å². The smallest absolute Gasteiger partial charge is 0.290 e. The summed E-state index contributed by atoms with van der Waals surface area (Å²) in [5, 5.41) is 6.19. The van der Waals surface area contributed by atoms with E-state index in [0.717, 1.165) is 38.1 Å². The van der Waals surface area contributed by atoms with Crippen molar-refractivity contribution in [3.63, 3.8) is 0 Å². The number of rotatable bonds is 1. The van der Waals surface area contributed by atoms with Gasteiger partial charge in [-0.25, -0.2) is 9.67 Å². The van der Waals surface area contributed by atoms with Crippen LogP contribution in [0.15, 0.2) is 30.3 Å². The fourth-order valence-electron chi connectivity index (χ4n) is 3.09. The quantitative estimate of drug-likeness (QED) is 0.573. The molecule has 0 unspecified atom stereocenters. The lowest BCUT2D eigenvalue weighted by Crippen LogP contribution is -2.15. The van der Waals surface area contributed by atoms with Crippen LogP contribution in [0.4, 0.5) is 5.69 Å². The van der Waals surface area contributed by atoms with Gasteiger partial charge in [-0.05, 0) is 38.5 Å². The van der Waals surface area contributed by atoms with Crippen molar-refractivity contribution < 1.29 is 4.79 Å². The lowest BCUT2D eigenvalue weighted by Gasteiger charge is -2.04. The van der Waals surface area contributed by atoms with Gasteiger partial charge in [0.2, 0.25) is 0 Å². The normalized spacial score (nSPS) is 11.5. The monoisotopic (exact) mass is 336 g/mol. The Morgan fingerprint density at radius 1 is 1.21 bits per heavy atom. The number of pyridine rings is 1. The van der Waals surface area contributed by atoms with Crippen molar-refractivity contribution in [1.82, 2.24) is 14.8 Å². The minimum absolute atomic E-state index is 0.204. The van der Waals surface area contributed by atoms with Crippen molar-refractivity contribution in [3.8, 4) is 0 Å². The highest BCUT2D eigenvalue weighted by atomic mass is 32.1. The molecule has 0 amide bonds. The van der Waals surface area contributed by atoms with Gasteiger partial charge in [0.1, 0.15) is 9.71 Å². The molecule has 0 aliphatic carbocycles. The van der Waals surface area contributed by atoms with E-state index in [2.05, 4.69) is 10.1 Å². The molecule has 24 heavy (non-hydrogen) atoms. The molecule has 0 fully saturated rings. The topological polar surface area (TPSA) is 73.8 Å². The molecule has 4 rings (SSSR count). The van der Waals surface area contributed by atoms with Crippen LogP contribution in [0.25, 0.3) is 21.1 Å². The van der Waals surface area contributed by atoms with Crippen LogP contribution in [-0.2, 0) is 0 Å². The number of para-hydroxylation sites is 1. The van der Waals surface area contributed by atoms with Crippen molar-refractivity contribution in [2.75, 3.05) is 5.73 Å². The van der Waals surface area contributed by atoms with Gasteiger partial charge < -0.3 is 5.73 Å². The Kier molecular flexibility index (Phi) is 3.18. The summed E-state index contributed by atoms with van der Waals surface area (Å²) in [6.07, 6.45) is 0. The van der Waals surface area contributed by atoms with E-state index in [9.17, 15) is 4.79 Å². The average Bonchev–Trinajstić information content (AvgIpc) is 3.06. The van der Waals surface area contributed by atoms with Crippen molar-refractivity contribution in [3.05, 3.63) is 52.2 Å². The molecule has 0 atom stereocenters. The molecule has 6 heteroatoms. The summed E-state index contributed by atoms with van der Waals surface area (Å²) in [6.45, 7) is 5.75. The number of aromatic nitrogens is 3. The zero-order valence-corrected chi connectivity index (χ0v) is 14.4. The lowest BCUT2D eigenvalue weighted by molar-refractivity contribution is 0.0947. The predicted molar refractivity (Wildman–Crippen MR) is 97.7 cm³/mol. The first-order valence-corrected chi connectivity index (χ1v) is 8.44. The summed E-state index contributed by atoms with van der Waals surface area (Å²) in [7, 11) is 0. The maximum Gasteiger partial charge on any atom is 0.290 e. The van der Waals surface area contributed by atoms with Gasteiger partial charge in [0.25, 0.3) is 5.91 Å². The molecule has 0 saturated carbocycles. The number of nitrogens with zero attached hydrogens (tertiary/aromatic N) is 3. The number of anilines is 1. The maximum absolute atomic E-state index is 12.9. The summed E-state index contributed by atoms with van der Waals surface area (Å²) in [5.41, 5.74) is 10.4. The number of thiophene rings is 1. The fourth-order valence-corrected chi connectivity index (χ4v) is 4.18. The first-order valence-electron chi connectivity index (χ1n) is 7.62. The molecular formula is C18H16N4OS. The number of fused-ring (bicyclic) bond motifs is 2. The number of hydrogen-bond acceptors (Lipinski definition) is 5. The number of hydrogen-bond donors (Lipinski definition) is 1. The zero-order valence-electron chi connectivity index (χ0n) is 13.6. The van der Waals surface area contributed by atoms with Gasteiger partial charge in [0.05, 0.1) is 16.9 Å². The highest BCUT2D eigenvalue weighted by Crippen LogP contribution is 2.38. The fraction of sp³-hybridized carbons (Fsp3) is 0.167. The Morgan fingerprint density at radius 2 is 1.96 bits per heavy atom. The molecule has 0 saturated heterocycles. The molecule has 1 aromatic carbocycles. The summed E-state index contributed by atoms with van der Waals surface area (Å²) < 4.78 is 1.41. The molecule has 5 nitrogen and oxygen atoms in total. The van der Waals surface area contributed by atoms with Crippen molar-refractivity contribution >= 4 is 44.1 Å². The van der Waals surface area contributed by atoms with E-state index in [1.54, 1.807) is 0 Å². The van der Waals surface area contributed by atoms with Crippen LogP contribution in [0, 0.1) is 20.8 Å². The van der Waals surface area contributed by atoms with E-state index in [1.807, 2.05) is 51.1 Å². The number of carbonyl (C=O) groups excluding carboxylic acids is 1.